The molecule has 9 heteroatoms. The highest BCUT2D eigenvalue weighted by Crippen LogP contribution is 2.31. The minimum Gasteiger partial charge on any atom is -0.481 e. The average Bonchev–Trinajstić information content (AvgIpc) is 2.65. The number of primary amides is 1. The molecule has 0 atom stereocenters. The van der Waals surface area contributed by atoms with Gasteiger partial charge in [0.2, 0.25) is 5.91 Å². The molecule has 2 rings (SSSR count). The van der Waals surface area contributed by atoms with E-state index < -0.39 is 11.9 Å². The topological polar surface area (TPSA) is 98.2 Å². The average molecular weight is 334 g/mol. The summed E-state index contributed by atoms with van der Waals surface area (Å²) in [5.74, 6) is -1.72. The van der Waals surface area contributed by atoms with Crippen LogP contribution in [0.3, 0.4) is 0 Å². The molecule has 0 aliphatic carbocycles. The number of carboxylic acids is 1. The van der Waals surface area contributed by atoms with Crippen molar-refractivity contribution in [2.45, 2.75) is 11.7 Å². The molecule has 1 amide bonds. The van der Waals surface area contributed by atoms with E-state index >= 15 is 0 Å². The molecule has 106 valence electrons. The van der Waals surface area contributed by atoms with Crippen molar-refractivity contribution in [3.63, 3.8) is 0 Å². The molecule has 20 heavy (non-hydrogen) atoms. The van der Waals surface area contributed by atoms with E-state index in [-0.39, 0.29) is 12.3 Å². The number of carbonyl (C=O) groups excluding carboxylic acids is 1. The molecule has 0 aliphatic heterocycles. The fourth-order valence-corrected chi connectivity index (χ4v) is 2.69. The molecule has 3 N–H and O–H groups in total. The molecule has 0 bridgehead atoms. The van der Waals surface area contributed by atoms with E-state index in [1.807, 2.05) is 0 Å². The van der Waals surface area contributed by atoms with Gasteiger partial charge in [-0.1, -0.05) is 35.0 Å². The van der Waals surface area contributed by atoms with E-state index in [1.54, 1.807) is 12.1 Å². The van der Waals surface area contributed by atoms with Crippen LogP contribution in [-0.2, 0) is 16.1 Å². The van der Waals surface area contributed by atoms with Gasteiger partial charge >= 0.3 is 5.97 Å². The maximum atomic E-state index is 11.1. The summed E-state index contributed by atoms with van der Waals surface area (Å²) in [6.07, 6.45) is 0. The number of benzene rings is 1. The SMILES string of the molecule is NC(=O)Cn1c(SCC(=O)O)nc2cc(Cl)c(Cl)cc21. The number of thioether (sulfide) groups is 1. The third kappa shape index (κ3) is 3.17. The first-order valence-electron chi connectivity index (χ1n) is 5.36. The number of rotatable bonds is 5. The van der Waals surface area contributed by atoms with Gasteiger partial charge in [0.25, 0.3) is 0 Å². The summed E-state index contributed by atoms with van der Waals surface area (Å²) >= 11 is 12.8. The first-order valence-corrected chi connectivity index (χ1v) is 7.11. The zero-order chi connectivity index (χ0) is 14.9. The number of nitrogens with zero attached hydrogens (tertiary/aromatic N) is 2. The molecule has 6 nitrogen and oxygen atoms in total. The van der Waals surface area contributed by atoms with Gasteiger partial charge < -0.3 is 15.4 Å². The van der Waals surface area contributed by atoms with Crippen LogP contribution in [0, 0.1) is 0 Å². The van der Waals surface area contributed by atoms with E-state index in [1.165, 1.54) is 4.57 Å². The largest absolute Gasteiger partial charge is 0.481 e. The Bertz CT molecular complexity index is 702. The number of aliphatic carboxylic acids is 1. The Labute approximate surface area is 127 Å². The Kier molecular flexibility index (Phi) is 4.42. The lowest BCUT2D eigenvalue weighted by atomic mass is 10.3. The standard InChI is InChI=1S/C11H9Cl2N3O3S/c12-5-1-7-8(2-6(5)13)16(3-9(14)17)11(15-7)20-4-10(18)19/h1-2H,3-4H2,(H2,14,17)(H,18,19). The first kappa shape index (κ1) is 15.0. The molecule has 1 heterocycles. The number of amides is 1. The van der Waals surface area contributed by atoms with Gasteiger partial charge in [-0.3, -0.25) is 9.59 Å². The van der Waals surface area contributed by atoms with Crippen LogP contribution in [0.25, 0.3) is 11.0 Å². The van der Waals surface area contributed by atoms with Gasteiger partial charge in [-0.2, -0.15) is 0 Å². The van der Waals surface area contributed by atoms with Crippen molar-refractivity contribution in [1.29, 1.82) is 0 Å². The van der Waals surface area contributed by atoms with Gasteiger partial charge in [0, 0.05) is 0 Å². The van der Waals surface area contributed by atoms with E-state index in [0.717, 1.165) is 11.8 Å². The second-order valence-corrected chi connectivity index (χ2v) is 5.64. The van der Waals surface area contributed by atoms with Gasteiger partial charge in [0.1, 0.15) is 6.54 Å². The summed E-state index contributed by atoms with van der Waals surface area (Å²) in [7, 11) is 0. The van der Waals surface area contributed by atoms with Crippen LogP contribution in [-0.4, -0.2) is 32.3 Å². The number of carbonyl (C=O) groups is 2. The summed E-state index contributed by atoms with van der Waals surface area (Å²) in [5.41, 5.74) is 6.29. The Morgan fingerprint density at radius 1 is 1.35 bits per heavy atom. The van der Waals surface area contributed by atoms with Crippen molar-refractivity contribution in [1.82, 2.24) is 9.55 Å². The van der Waals surface area contributed by atoms with Crippen molar-refractivity contribution in [2.75, 3.05) is 5.75 Å². The summed E-state index contributed by atoms with van der Waals surface area (Å²) in [6.45, 7) is -0.115. The normalized spacial score (nSPS) is 10.9. The van der Waals surface area contributed by atoms with Crippen LogP contribution in [0.5, 0.6) is 0 Å². The molecule has 2 aromatic rings. The summed E-state index contributed by atoms with van der Waals surface area (Å²) in [4.78, 5) is 26.0. The number of fused-ring (bicyclic) bond motifs is 1. The number of hydrogen-bond acceptors (Lipinski definition) is 4. The molecule has 0 fully saturated rings. The molecule has 0 aliphatic rings. The molecule has 0 radical (unpaired) electrons. The molecule has 0 saturated heterocycles. The lowest BCUT2D eigenvalue weighted by molar-refractivity contribution is -0.133. The van der Waals surface area contributed by atoms with Crippen LogP contribution in [0.1, 0.15) is 0 Å². The zero-order valence-corrected chi connectivity index (χ0v) is 12.3. The summed E-state index contributed by atoms with van der Waals surface area (Å²) < 4.78 is 1.52. The van der Waals surface area contributed by atoms with E-state index in [9.17, 15) is 9.59 Å². The second-order valence-electron chi connectivity index (χ2n) is 3.88. The van der Waals surface area contributed by atoms with Crippen LogP contribution in [0.2, 0.25) is 10.0 Å². The van der Waals surface area contributed by atoms with Gasteiger partial charge in [0.15, 0.2) is 5.16 Å². The van der Waals surface area contributed by atoms with E-state index in [0.29, 0.717) is 26.2 Å². The van der Waals surface area contributed by atoms with Crippen LogP contribution < -0.4 is 5.73 Å². The second kappa shape index (κ2) is 5.90. The number of imidazole rings is 1. The Morgan fingerprint density at radius 3 is 2.60 bits per heavy atom. The number of halogens is 2. The van der Waals surface area contributed by atoms with Crippen molar-refractivity contribution < 1.29 is 14.7 Å². The van der Waals surface area contributed by atoms with E-state index in [4.69, 9.17) is 34.0 Å². The predicted molar refractivity (Wildman–Crippen MR) is 77.3 cm³/mol. The van der Waals surface area contributed by atoms with Crippen LogP contribution in [0.15, 0.2) is 17.3 Å². The molecule has 1 aromatic carbocycles. The third-order valence-electron chi connectivity index (χ3n) is 2.39. The lowest BCUT2D eigenvalue weighted by Crippen LogP contribution is -2.19. The fraction of sp³-hybridized carbons (Fsp3) is 0.182. The highest BCUT2D eigenvalue weighted by Gasteiger charge is 2.16. The monoisotopic (exact) mass is 333 g/mol. The molecule has 0 saturated carbocycles. The van der Waals surface area contributed by atoms with Crippen molar-refractivity contribution >= 4 is 57.9 Å². The van der Waals surface area contributed by atoms with Gasteiger partial charge in [-0.15, -0.1) is 0 Å². The van der Waals surface area contributed by atoms with E-state index in [2.05, 4.69) is 4.98 Å². The maximum absolute atomic E-state index is 11.1. The summed E-state index contributed by atoms with van der Waals surface area (Å²) in [5, 5.41) is 9.74. The van der Waals surface area contributed by atoms with Crippen molar-refractivity contribution in [2.24, 2.45) is 5.73 Å². The molecular weight excluding hydrogens is 325 g/mol. The number of aromatic nitrogens is 2. The Morgan fingerprint density at radius 2 is 2.00 bits per heavy atom. The minimum absolute atomic E-state index is 0.115. The van der Waals surface area contributed by atoms with Gasteiger partial charge in [-0.05, 0) is 12.1 Å². The molecular formula is C11H9Cl2N3O3S. The predicted octanol–water partition coefficient (Wildman–Crippen LogP) is 2.01. The van der Waals surface area contributed by atoms with Gasteiger partial charge in [-0.25, -0.2) is 4.98 Å². The minimum atomic E-state index is -0.983. The molecule has 1 aromatic heterocycles. The smallest absolute Gasteiger partial charge is 0.313 e. The highest BCUT2D eigenvalue weighted by molar-refractivity contribution is 7.99. The van der Waals surface area contributed by atoms with Crippen LogP contribution >= 0.6 is 35.0 Å². The maximum Gasteiger partial charge on any atom is 0.313 e. The fourth-order valence-electron chi connectivity index (χ4n) is 1.64. The van der Waals surface area contributed by atoms with Crippen LogP contribution in [0.4, 0.5) is 0 Å². The number of carboxylic acid groups (broad SMARTS) is 1. The van der Waals surface area contributed by atoms with Gasteiger partial charge in [0.05, 0.1) is 26.8 Å². The van der Waals surface area contributed by atoms with Crippen molar-refractivity contribution in [3.8, 4) is 0 Å². The first-order chi connectivity index (χ1) is 9.38. The summed E-state index contributed by atoms with van der Waals surface area (Å²) in [6, 6.07) is 3.13. The molecule has 0 spiro atoms. The quantitative estimate of drug-likeness (QED) is 0.815. The highest BCUT2D eigenvalue weighted by atomic mass is 35.5. The number of hydrogen-bond donors (Lipinski definition) is 2. The van der Waals surface area contributed by atoms with Crippen molar-refractivity contribution in [3.05, 3.63) is 22.2 Å². The number of nitrogens with two attached hydrogens (primary N) is 1. The lowest BCUT2D eigenvalue weighted by Gasteiger charge is -2.05. The molecule has 0 unspecified atom stereocenters. The third-order valence-corrected chi connectivity index (χ3v) is 4.08. The Balaban J connectivity index is 2.54. The zero-order valence-electron chi connectivity index (χ0n) is 9.97. The Hall–Kier alpha value is -1.44.